The Labute approximate surface area is 120 Å². The fourth-order valence-corrected chi connectivity index (χ4v) is 2.99. The summed E-state index contributed by atoms with van der Waals surface area (Å²) in [5.74, 6) is 0. The van der Waals surface area contributed by atoms with Crippen molar-refractivity contribution >= 4 is 38.8 Å². The SMILES string of the molecule is Cc1nn(C)c(Cl)c1CNc1ccc2ncsc2c1. The summed E-state index contributed by atoms with van der Waals surface area (Å²) in [7, 11) is 1.85. The average molecular weight is 293 g/mol. The van der Waals surface area contributed by atoms with E-state index in [0.717, 1.165) is 22.5 Å². The van der Waals surface area contributed by atoms with Crippen molar-refractivity contribution in [2.45, 2.75) is 13.5 Å². The minimum atomic E-state index is 0.669. The van der Waals surface area contributed by atoms with E-state index in [9.17, 15) is 0 Å². The summed E-state index contributed by atoms with van der Waals surface area (Å²) in [6.07, 6.45) is 0. The Kier molecular flexibility index (Phi) is 3.16. The summed E-state index contributed by atoms with van der Waals surface area (Å²) in [5, 5.41) is 8.36. The molecule has 0 unspecified atom stereocenters. The molecule has 2 aromatic heterocycles. The number of thiazole rings is 1. The van der Waals surface area contributed by atoms with E-state index in [4.69, 9.17) is 11.6 Å². The van der Waals surface area contributed by atoms with Gasteiger partial charge in [-0.3, -0.25) is 4.68 Å². The van der Waals surface area contributed by atoms with E-state index in [-0.39, 0.29) is 0 Å². The van der Waals surface area contributed by atoms with Gasteiger partial charge in [-0.2, -0.15) is 5.10 Å². The second-order valence-electron chi connectivity index (χ2n) is 4.37. The predicted octanol–water partition coefficient (Wildman–Crippen LogP) is 3.60. The molecular formula is C13H13ClN4S. The number of anilines is 1. The minimum Gasteiger partial charge on any atom is -0.381 e. The van der Waals surface area contributed by atoms with Gasteiger partial charge < -0.3 is 5.32 Å². The summed E-state index contributed by atoms with van der Waals surface area (Å²) < 4.78 is 2.87. The first-order chi connectivity index (χ1) is 9.15. The van der Waals surface area contributed by atoms with Crippen molar-refractivity contribution in [3.8, 4) is 0 Å². The third-order valence-corrected chi connectivity index (χ3v) is 4.33. The topological polar surface area (TPSA) is 42.7 Å². The fourth-order valence-electron chi connectivity index (χ4n) is 2.03. The van der Waals surface area contributed by atoms with Crippen molar-refractivity contribution in [2.75, 3.05) is 5.32 Å². The molecule has 2 heterocycles. The van der Waals surface area contributed by atoms with E-state index in [0.29, 0.717) is 11.7 Å². The van der Waals surface area contributed by atoms with Gasteiger partial charge >= 0.3 is 0 Å². The summed E-state index contributed by atoms with van der Waals surface area (Å²) >= 11 is 7.85. The highest BCUT2D eigenvalue weighted by Gasteiger charge is 2.10. The number of benzene rings is 1. The van der Waals surface area contributed by atoms with Gasteiger partial charge in [0.1, 0.15) is 5.15 Å². The standard InChI is InChI=1S/C13H13ClN4S/c1-8-10(13(14)18(2)17-8)6-15-9-3-4-11-12(5-9)19-7-16-11/h3-5,7,15H,6H2,1-2H3. The van der Waals surface area contributed by atoms with E-state index >= 15 is 0 Å². The maximum absolute atomic E-state index is 6.21. The Morgan fingerprint density at radius 2 is 2.26 bits per heavy atom. The van der Waals surface area contributed by atoms with Crippen LogP contribution in [-0.4, -0.2) is 14.8 Å². The van der Waals surface area contributed by atoms with E-state index < -0.39 is 0 Å². The molecule has 0 atom stereocenters. The van der Waals surface area contributed by atoms with Crippen LogP contribution >= 0.6 is 22.9 Å². The molecule has 3 rings (SSSR count). The Bertz CT molecular complexity index is 731. The Morgan fingerprint density at radius 1 is 1.42 bits per heavy atom. The number of rotatable bonds is 3. The van der Waals surface area contributed by atoms with Crippen LogP contribution in [0.15, 0.2) is 23.7 Å². The van der Waals surface area contributed by atoms with Gasteiger partial charge in [0.25, 0.3) is 0 Å². The zero-order chi connectivity index (χ0) is 13.4. The normalized spacial score (nSPS) is 11.1. The highest BCUT2D eigenvalue weighted by Crippen LogP contribution is 2.24. The third-order valence-electron chi connectivity index (χ3n) is 3.07. The van der Waals surface area contributed by atoms with Gasteiger partial charge in [0.2, 0.25) is 0 Å². The number of aromatic nitrogens is 3. The van der Waals surface area contributed by atoms with Crippen LogP contribution in [0.5, 0.6) is 0 Å². The summed E-state index contributed by atoms with van der Waals surface area (Å²) in [4.78, 5) is 4.27. The van der Waals surface area contributed by atoms with Crippen LogP contribution in [0.1, 0.15) is 11.3 Å². The van der Waals surface area contributed by atoms with E-state index in [1.165, 1.54) is 4.70 Å². The maximum Gasteiger partial charge on any atom is 0.131 e. The zero-order valence-corrected chi connectivity index (χ0v) is 12.2. The Hall–Kier alpha value is -1.59. The molecule has 0 spiro atoms. The van der Waals surface area contributed by atoms with Crippen LogP contribution in [0.2, 0.25) is 5.15 Å². The number of hydrogen-bond donors (Lipinski definition) is 1. The average Bonchev–Trinajstić information content (AvgIpc) is 2.94. The molecule has 4 nitrogen and oxygen atoms in total. The predicted molar refractivity (Wildman–Crippen MR) is 79.9 cm³/mol. The highest BCUT2D eigenvalue weighted by atomic mass is 35.5. The number of hydrogen-bond acceptors (Lipinski definition) is 4. The highest BCUT2D eigenvalue weighted by molar-refractivity contribution is 7.16. The molecule has 19 heavy (non-hydrogen) atoms. The number of nitrogens with one attached hydrogen (secondary N) is 1. The summed E-state index contributed by atoms with van der Waals surface area (Å²) in [5.41, 5.74) is 5.95. The minimum absolute atomic E-state index is 0.669. The van der Waals surface area contributed by atoms with Gasteiger partial charge in [0.05, 0.1) is 21.4 Å². The van der Waals surface area contributed by atoms with Crippen molar-refractivity contribution in [2.24, 2.45) is 7.05 Å². The fraction of sp³-hybridized carbons (Fsp3) is 0.231. The maximum atomic E-state index is 6.21. The lowest BCUT2D eigenvalue weighted by Crippen LogP contribution is -2.00. The second kappa shape index (κ2) is 4.83. The number of halogens is 1. The van der Waals surface area contributed by atoms with Crippen molar-refractivity contribution in [1.29, 1.82) is 0 Å². The van der Waals surface area contributed by atoms with E-state index in [1.807, 2.05) is 31.6 Å². The van der Waals surface area contributed by atoms with Crippen LogP contribution in [0, 0.1) is 6.92 Å². The van der Waals surface area contributed by atoms with Gasteiger partial charge in [0.15, 0.2) is 0 Å². The van der Waals surface area contributed by atoms with Gasteiger partial charge in [-0.25, -0.2) is 4.98 Å². The quantitative estimate of drug-likeness (QED) is 0.802. The monoisotopic (exact) mass is 292 g/mol. The lowest BCUT2D eigenvalue weighted by Gasteiger charge is -2.06. The first-order valence-electron chi connectivity index (χ1n) is 5.90. The van der Waals surface area contributed by atoms with E-state index in [2.05, 4.69) is 21.5 Å². The third kappa shape index (κ3) is 2.31. The number of nitrogens with zero attached hydrogens (tertiary/aromatic N) is 3. The molecule has 98 valence electrons. The molecule has 6 heteroatoms. The van der Waals surface area contributed by atoms with Crippen molar-refractivity contribution in [3.63, 3.8) is 0 Å². The number of aryl methyl sites for hydroxylation is 2. The number of fused-ring (bicyclic) bond motifs is 1. The molecule has 0 fully saturated rings. The molecule has 0 bridgehead atoms. The van der Waals surface area contributed by atoms with Gasteiger partial charge in [-0.05, 0) is 25.1 Å². The van der Waals surface area contributed by atoms with Crippen LogP contribution in [0.4, 0.5) is 5.69 Å². The molecule has 0 saturated heterocycles. The van der Waals surface area contributed by atoms with Crippen LogP contribution in [0.3, 0.4) is 0 Å². The molecule has 1 aromatic carbocycles. The Morgan fingerprint density at radius 3 is 3.00 bits per heavy atom. The second-order valence-corrected chi connectivity index (χ2v) is 5.61. The first-order valence-corrected chi connectivity index (χ1v) is 7.16. The summed E-state index contributed by atoms with van der Waals surface area (Å²) in [6.45, 7) is 2.64. The molecule has 0 saturated carbocycles. The molecule has 0 aliphatic carbocycles. The molecule has 1 N–H and O–H groups in total. The first kappa shape index (κ1) is 12.4. The van der Waals surface area contributed by atoms with Gasteiger partial charge in [0, 0.05) is 24.8 Å². The van der Waals surface area contributed by atoms with Gasteiger partial charge in [-0.15, -0.1) is 11.3 Å². The van der Waals surface area contributed by atoms with Crippen molar-refractivity contribution < 1.29 is 0 Å². The van der Waals surface area contributed by atoms with Crippen molar-refractivity contribution in [3.05, 3.63) is 40.1 Å². The van der Waals surface area contributed by atoms with E-state index in [1.54, 1.807) is 16.0 Å². The molecule has 0 amide bonds. The van der Waals surface area contributed by atoms with Crippen LogP contribution in [0.25, 0.3) is 10.2 Å². The molecule has 3 aromatic rings. The van der Waals surface area contributed by atoms with Gasteiger partial charge in [-0.1, -0.05) is 11.6 Å². The molecular weight excluding hydrogens is 280 g/mol. The zero-order valence-electron chi connectivity index (χ0n) is 10.6. The molecule has 0 aliphatic rings. The lowest BCUT2D eigenvalue weighted by atomic mass is 10.2. The lowest BCUT2D eigenvalue weighted by molar-refractivity contribution is 0.757. The van der Waals surface area contributed by atoms with Crippen LogP contribution < -0.4 is 5.32 Å². The molecule has 0 aliphatic heterocycles. The van der Waals surface area contributed by atoms with Crippen LogP contribution in [-0.2, 0) is 13.6 Å². The summed E-state index contributed by atoms with van der Waals surface area (Å²) in [6, 6.07) is 6.15. The smallest absolute Gasteiger partial charge is 0.131 e. The Balaban J connectivity index is 1.81. The largest absolute Gasteiger partial charge is 0.381 e. The molecule has 0 radical (unpaired) electrons. The van der Waals surface area contributed by atoms with Crippen molar-refractivity contribution in [1.82, 2.24) is 14.8 Å².